The van der Waals surface area contributed by atoms with Crippen LogP contribution in [0.3, 0.4) is 0 Å². The standard InChI is InChI=1S/C17H22N2O4/c1-3-4-10-14(17(22)23)19-16(21)15(18-12(2)20)11-13-8-6-5-7-9-13/h3,5-9,14-15H,1,4,10-11H2,2H3,(H,18,20)(H,19,21)(H,22,23)/t14-,15-/m0/s1. The minimum Gasteiger partial charge on any atom is -0.480 e. The van der Waals surface area contributed by atoms with Crippen molar-refractivity contribution in [3.8, 4) is 0 Å². The monoisotopic (exact) mass is 318 g/mol. The van der Waals surface area contributed by atoms with Gasteiger partial charge in [-0.05, 0) is 18.4 Å². The van der Waals surface area contributed by atoms with Gasteiger partial charge >= 0.3 is 5.97 Å². The number of carbonyl (C=O) groups excluding carboxylic acids is 2. The second-order valence-corrected chi connectivity index (χ2v) is 5.21. The Kier molecular flexibility index (Phi) is 7.53. The predicted molar refractivity (Wildman–Crippen MR) is 86.7 cm³/mol. The molecule has 0 saturated carbocycles. The van der Waals surface area contributed by atoms with Gasteiger partial charge in [0.2, 0.25) is 11.8 Å². The molecule has 1 aromatic carbocycles. The smallest absolute Gasteiger partial charge is 0.326 e. The van der Waals surface area contributed by atoms with E-state index < -0.39 is 24.0 Å². The number of aliphatic carboxylic acids is 1. The van der Waals surface area contributed by atoms with Gasteiger partial charge in [0.05, 0.1) is 0 Å². The van der Waals surface area contributed by atoms with E-state index >= 15 is 0 Å². The molecule has 0 aliphatic rings. The zero-order valence-corrected chi connectivity index (χ0v) is 13.1. The number of allylic oxidation sites excluding steroid dienone is 1. The molecule has 0 spiro atoms. The lowest BCUT2D eigenvalue weighted by Crippen LogP contribution is -2.52. The highest BCUT2D eigenvalue weighted by atomic mass is 16.4. The maximum atomic E-state index is 12.3. The predicted octanol–water partition coefficient (Wildman–Crippen LogP) is 1.27. The van der Waals surface area contributed by atoms with Crippen LogP contribution in [-0.2, 0) is 20.8 Å². The van der Waals surface area contributed by atoms with E-state index in [2.05, 4.69) is 17.2 Å². The molecular weight excluding hydrogens is 296 g/mol. The summed E-state index contributed by atoms with van der Waals surface area (Å²) in [5.74, 6) is -1.97. The van der Waals surface area contributed by atoms with Crippen LogP contribution < -0.4 is 10.6 Å². The third-order valence-corrected chi connectivity index (χ3v) is 3.25. The number of rotatable bonds is 9. The lowest BCUT2D eigenvalue weighted by Gasteiger charge is -2.21. The van der Waals surface area contributed by atoms with Crippen LogP contribution in [0.5, 0.6) is 0 Å². The molecule has 0 fully saturated rings. The van der Waals surface area contributed by atoms with Gasteiger partial charge in [-0.2, -0.15) is 0 Å². The van der Waals surface area contributed by atoms with E-state index in [1.54, 1.807) is 6.08 Å². The van der Waals surface area contributed by atoms with Crippen LogP contribution in [0.25, 0.3) is 0 Å². The fourth-order valence-corrected chi connectivity index (χ4v) is 2.12. The van der Waals surface area contributed by atoms with E-state index in [0.717, 1.165) is 5.56 Å². The molecule has 23 heavy (non-hydrogen) atoms. The fourth-order valence-electron chi connectivity index (χ4n) is 2.12. The van der Waals surface area contributed by atoms with Gasteiger partial charge in [0.1, 0.15) is 12.1 Å². The molecule has 0 radical (unpaired) electrons. The van der Waals surface area contributed by atoms with Crippen LogP contribution in [-0.4, -0.2) is 35.0 Å². The Labute approximate surface area is 135 Å². The normalized spacial score (nSPS) is 12.7. The Hall–Kier alpha value is -2.63. The van der Waals surface area contributed by atoms with Crippen molar-refractivity contribution in [1.82, 2.24) is 10.6 Å². The molecular formula is C17H22N2O4. The topological polar surface area (TPSA) is 95.5 Å². The number of hydrogen-bond acceptors (Lipinski definition) is 3. The largest absolute Gasteiger partial charge is 0.480 e. The Balaban J connectivity index is 2.79. The van der Waals surface area contributed by atoms with Crippen molar-refractivity contribution < 1.29 is 19.5 Å². The van der Waals surface area contributed by atoms with Gasteiger partial charge in [-0.1, -0.05) is 36.4 Å². The van der Waals surface area contributed by atoms with Gasteiger partial charge in [0, 0.05) is 13.3 Å². The lowest BCUT2D eigenvalue weighted by atomic mass is 10.0. The third kappa shape index (κ3) is 6.78. The maximum Gasteiger partial charge on any atom is 0.326 e. The van der Waals surface area contributed by atoms with Crippen molar-refractivity contribution in [2.45, 2.75) is 38.3 Å². The van der Waals surface area contributed by atoms with Crippen LogP contribution in [0, 0.1) is 0 Å². The second kappa shape index (κ2) is 9.40. The van der Waals surface area contributed by atoms with Gasteiger partial charge in [0.25, 0.3) is 0 Å². The highest BCUT2D eigenvalue weighted by molar-refractivity contribution is 5.90. The van der Waals surface area contributed by atoms with Gasteiger partial charge in [-0.15, -0.1) is 6.58 Å². The molecule has 6 nitrogen and oxygen atoms in total. The van der Waals surface area contributed by atoms with E-state index in [4.69, 9.17) is 5.11 Å². The van der Waals surface area contributed by atoms with E-state index in [-0.39, 0.29) is 12.3 Å². The summed E-state index contributed by atoms with van der Waals surface area (Å²) in [5.41, 5.74) is 0.874. The quantitative estimate of drug-likeness (QED) is 0.598. The van der Waals surface area contributed by atoms with Gasteiger partial charge in [-0.3, -0.25) is 9.59 Å². The molecule has 124 valence electrons. The van der Waals surface area contributed by atoms with Crippen molar-refractivity contribution in [3.05, 3.63) is 48.6 Å². The van der Waals surface area contributed by atoms with Gasteiger partial charge < -0.3 is 15.7 Å². The molecule has 0 aromatic heterocycles. The van der Waals surface area contributed by atoms with Crippen molar-refractivity contribution in [1.29, 1.82) is 0 Å². The zero-order chi connectivity index (χ0) is 17.2. The van der Waals surface area contributed by atoms with E-state index in [0.29, 0.717) is 12.8 Å². The third-order valence-electron chi connectivity index (χ3n) is 3.25. The molecule has 2 atom stereocenters. The Morgan fingerprint density at radius 2 is 1.83 bits per heavy atom. The van der Waals surface area contributed by atoms with Crippen LogP contribution in [0.15, 0.2) is 43.0 Å². The summed E-state index contributed by atoms with van der Waals surface area (Å²) in [6.45, 7) is 4.86. The highest BCUT2D eigenvalue weighted by Gasteiger charge is 2.25. The summed E-state index contributed by atoms with van der Waals surface area (Å²) in [5, 5.41) is 14.2. The van der Waals surface area contributed by atoms with Gasteiger partial charge in [0.15, 0.2) is 0 Å². The second-order valence-electron chi connectivity index (χ2n) is 5.21. The SMILES string of the molecule is C=CCC[C@H](NC(=O)[C@H](Cc1ccccc1)NC(C)=O)C(=O)O. The van der Waals surface area contributed by atoms with E-state index in [9.17, 15) is 14.4 Å². The van der Waals surface area contributed by atoms with Gasteiger partial charge in [-0.25, -0.2) is 4.79 Å². The van der Waals surface area contributed by atoms with Crippen molar-refractivity contribution >= 4 is 17.8 Å². The summed E-state index contributed by atoms with van der Waals surface area (Å²) >= 11 is 0. The molecule has 3 N–H and O–H groups in total. The van der Waals surface area contributed by atoms with Crippen LogP contribution >= 0.6 is 0 Å². The minimum atomic E-state index is -1.11. The Bertz CT molecular complexity index is 557. The number of benzene rings is 1. The van der Waals surface area contributed by atoms with Crippen molar-refractivity contribution in [2.75, 3.05) is 0 Å². The molecule has 0 saturated heterocycles. The average Bonchev–Trinajstić information content (AvgIpc) is 2.50. The van der Waals surface area contributed by atoms with Crippen molar-refractivity contribution in [2.24, 2.45) is 0 Å². The zero-order valence-electron chi connectivity index (χ0n) is 13.1. The minimum absolute atomic E-state index is 0.253. The summed E-state index contributed by atoms with van der Waals surface area (Å²) in [6, 6.07) is 7.38. The maximum absolute atomic E-state index is 12.3. The van der Waals surface area contributed by atoms with Crippen LogP contribution in [0.2, 0.25) is 0 Å². The van der Waals surface area contributed by atoms with E-state index in [1.807, 2.05) is 30.3 Å². The number of carboxylic acid groups (broad SMARTS) is 1. The number of carboxylic acids is 1. The molecule has 1 rings (SSSR count). The molecule has 0 heterocycles. The first-order valence-corrected chi connectivity index (χ1v) is 7.39. The van der Waals surface area contributed by atoms with Crippen LogP contribution in [0.1, 0.15) is 25.3 Å². The fraction of sp³-hybridized carbons (Fsp3) is 0.353. The molecule has 2 amide bonds. The number of amides is 2. The first-order chi connectivity index (χ1) is 10.9. The molecule has 0 aliphatic heterocycles. The summed E-state index contributed by atoms with van der Waals surface area (Å²) < 4.78 is 0. The molecule has 0 aliphatic carbocycles. The molecule has 0 bridgehead atoms. The highest BCUT2D eigenvalue weighted by Crippen LogP contribution is 2.05. The summed E-state index contributed by atoms with van der Waals surface area (Å²) in [6.07, 6.45) is 2.61. The van der Waals surface area contributed by atoms with Crippen molar-refractivity contribution in [3.63, 3.8) is 0 Å². The Morgan fingerprint density at radius 1 is 1.17 bits per heavy atom. The number of carbonyl (C=O) groups is 3. The Morgan fingerprint density at radius 3 is 2.35 bits per heavy atom. The molecule has 0 unspecified atom stereocenters. The number of hydrogen-bond donors (Lipinski definition) is 3. The summed E-state index contributed by atoms with van der Waals surface area (Å²) in [7, 11) is 0. The van der Waals surface area contributed by atoms with E-state index in [1.165, 1.54) is 6.92 Å². The first kappa shape index (κ1) is 18.4. The average molecular weight is 318 g/mol. The molecule has 6 heteroatoms. The first-order valence-electron chi connectivity index (χ1n) is 7.39. The number of nitrogens with one attached hydrogen (secondary N) is 2. The lowest BCUT2D eigenvalue weighted by molar-refractivity contribution is -0.142. The molecule has 1 aromatic rings. The van der Waals surface area contributed by atoms with Crippen LogP contribution in [0.4, 0.5) is 0 Å². The summed E-state index contributed by atoms with van der Waals surface area (Å²) in [4.78, 5) is 34.9.